The van der Waals surface area contributed by atoms with Gasteiger partial charge in [0.15, 0.2) is 0 Å². The average molecular weight is 304 g/mol. The Hall–Kier alpha value is -0.0600. The highest BCUT2D eigenvalue weighted by atomic mass is 79.9. The van der Waals surface area contributed by atoms with Crippen LogP contribution in [0.4, 0.5) is 4.39 Å². The maximum absolute atomic E-state index is 13.6. The molecule has 2 rings (SSSR count). The van der Waals surface area contributed by atoms with E-state index < -0.39 is 0 Å². The summed E-state index contributed by atoms with van der Waals surface area (Å²) in [6.45, 7) is 5.07. The molecule has 88 valence electrons. The summed E-state index contributed by atoms with van der Waals surface area (Å²) < 4.78 is 14.4. The number of benzene rings is 1. The minimum atomic E-state index is -0.111. The smallest absolute Gasteiger partial charge is 0.128 e. The van der Waals surface area contributed by atoms with Gasteiger partial charge in [-0.25, -0.2) is 4.39 Å². The summed E-state index contributed by atoms with van der Waals surface area (Å²) in [6.07, 6.45) is 0. The molecular weight excluding hydrogens is 289 g/mol. The Bertz CT molecular complexity index is 372. The normalized spacial score (nSPS) is 22.3. The first-order chi connectivity index (χ1) is 7.65. The van der Waals surface area contributed by atoms with Crippen molar-refractivity contribution in [1.29, 1.82) is 0 Å². The molecule has 1 nitrogen and oxygen atoms in total. The SMILES string of the molecule is CC1CN(Cc2ccc(Br)cc2F)CCS1. The van der Waals surface area contributed by atoms with Crippen molar-refractivity contribution in [2.24, 2.45) is 0 Å². The quantitative estimate of drug-likeness (QED) is 0.822. The molecule has 1 saturated heterocycles. The summed E-state index contributed by atoms with van der Waals surface area (Å²) in [5.74, 6) is 1.04. The van der Waals surface area contributed by atoms with Crippen LogP contribution >= 0.6 is 27.7 Å². The van der Waals surface area contributed by atoms with Crippen LogP contribution in [-0.2, 0) is 6.54 Å². The molecule has 1 aromatic carbocycles. The Balaban J connectivity index is 2.02. The zero-order valence-corrected chi connectivity index (χ0v) is 11.7. The van der Waals surface area contributed by atoms with Crippen molar-refractivity contribution >= 4 is 27.7 Å². The van der Waals surface area contributed by atoms with E-state index in [4.69, 9.17) is 0 Å². The summed E-state index contributed by atoms with van der Waals surface area (Å²) in [5.41, 5.74) is 0.794. The van der Waals surface area contributed by atoms with Crippen molar-refractivity contribution in [3.05, 3.63) is 34.1 Å². The Morgan fingerprint density at radius 1 is 1.56 bits per heavy atom. The fourth-order valence-electron chi connectivity index (χ4n) is 1.93. The van der Waals surface area contributed by atoms with Crippen molar-refractivity contribution in [2.75, 3.05) is 18.8 Å². The average Bonchev–Trinajstić information content (AvgIpc) is 2.22. The Morgan fingerprint density at radius 2 is 2.38 bits per heavy atom. The van der Waals surface area contributed by atoms with Crippen LogP contribution < -0.4 is 0 Å². The van der Waals surface area contributed by atoms with E-state index in [0.29, 0.717) is 5.25 Å². The van der Waals surface area contributed by atoms with Gasteiger partial charge in [0.25, 0.3) is 0 Å². The van der Waals surface area contributed by atoms with Gasteiger partial charge in [-0.2, -0.15) is 11.8 Å². The van der Waals surface area contributed by atoms with Gasteiger partial charge in [-0.05, 0) is 12.1 Å². The second-order valence-electron chi connectivity index (χ2n) is 4.15. The van der Waals surface area contributed by atoms with E-state index in [1.54, 1.807) is 0 Å². The maximum Gasteiger partial charge on any atom is 0.128 e. The van der Waals surface area contributed by atoms with Crippen LogP contribution in [0, 0.1) is 5.82 Å². The molecule has 0 amide bonds. The maximum atomic E-state index is 13.6. The van der Waals surface area contributed by atoms with Gasteiger partial charge in [0.2, 0.25) is 0 Å². The van der Waals surface area contributed by atoms with Crippen LogP contribution in [0.2, 0.25) is 0 Å². The number of hydrogen-bond acceptors (Lipinski definition) is 2. The fraction of sp³-hybridized carbons (Fsp3) is 0.500. The zero-order chi connectivity index (χ0) is 11.5. The molecule has 1 heterocycles. The highest BCUT2D eigenvalue weighted by molar-refractivity contribution is 9.10. The largest absolute Gasteiger partial charge is 0.297 e. The minimum Gasteiger partial charge on any atom is -0.297 e. The molecule has 1 aliphatic heterocycles. The Morgan fingerprint density at radius 3 is 3.06 bits per heavy atom. The number of thioether (sulfide) groups is 1. The number of rotatable bonds is 2. The molecule has 1 atom stereocenters. The van der Waals surface area contributed by atoms with Crippen LogP contribution in [0.25, 0.3) is 0 Å². The second-order valence-corrected chi connectivity index (χ2v) is 6.61. The van der Waals surface area contributed by atoms with Crippen molar-refractivity contribution in [3.63, 3.8) is 0 Å². The number of nitrogens with zero attached hydrogens (tertiary/aromatic N) is 1. The van der Waals surface area contributed by atoms with Gasteiger partial charge in [0.05, 0.1) is 0 Å². The van der Waals surface area contributed by atoms with E-state index in [-0.39, 0.29) is 5.82 Å². The molecule has 0 N–H and O–H groups in total. The molecule has 0 bridgehead atoms. The fourth-order valence-corrected chi connectivity index (χ4v) is 3.34. The van der Waals surface area contributed by atoms with Crippen LogP contribution in [0.3, 0.4) is 0 Å². The molecule has 4 heteroatoms. The third-order valence-electron chi connectivity index (χ3n) is 2.73. The predicted molar refractivity (Wildman–Crippen MR) is 71.3 cm³/mol. The van der Waals surface area contributed by atoms with Crippen LogP contribution in [0.15, 0.2) is 22.7 Å². The van der Waals surface area contributed by atoms with Crippen molar-refractivity contribution < 1.29 is 4.39 Å². The van der Waals surface area contributed by atoms with E-state index >= 15 is 0 Å². The molecule has 0 aromatic heterocycles. The molecule has 0 saturated carbocycles. The molecule has 0 aliphatic carbocycles. The highest BCUT2D eigenvalue weighted by Crippen LogP contribution is 2.21. The molecule has 0 spiro atoms. The highest BCUT2D eigenvalue weighted by Gasteiger charge is 2.17. The summed E-state index contributed by atoms with van der Waals surface area (Å²) in [5, 5.41) is 0.659. The van der Waals surface area contributed by atoms with Gasteiger partial charge < -0.3 is 0 Å². The van der Waals surface area contributed by atoms with Gasteiger partial charge in [-0.3, -0.25) is 4.90 Å². The molecular formula is C12H15BrFNS. The standard InChI is InChI=1S/C12H15BrFNS/c1-9-7-15(4-5-16-9)8-10-2-3-11(13)6-12(10)14/h2-3,6,9H,4-5,7-8H2,1H3. The summed E-state index contributed by atoms with van der Waals surface area (Å²) in [7, 11) is 0. The predicted octanol–water partition coefficient (Wildman–Crippen LogP) is 3.53. The van der Waals surface area contributed by atoms with Crippen LogP contribution in [0.5, 0.6) is 0 Å². The van der Waals surface area contributed by atoms with Gasteiger partial charge in [0.1, 0.15) is 5.82 Å². The molecule has 0 radical (unpaired) electrons. The monoisotopic (exact) mass is 303 g/mol. The van der Waals surface area contributed by atoms with Crippen LogP contribution in [-0.4, -0.2) is 29.0 Å². The van der Waals surface area contributed by atoms with E-state index in [2.05, 4.69) is 27.8 Å². The number of halogens is 2. The van der Waals surface area contributed by atoms with Gasteiger partial charge >= 0.3 is 0 Å². The zero-order valence-electron chi connectivity index (χ0n) is 9.25. The van der Waals surface area contributed by atoms with E-state index in [1.165, 1.54) is 6.07 Å². The van der Waals surface area contributed by atoms with Crippen molar-refractivity contribution in [2.45, 2.75) is 18.7 Å². The van der Waals surface area contributed by atoms with Crippen molar-refractivity contribution in [1.82, 2.24) is 4.90 Å². The number of hydrogen-bond donors (Lipinski definition) is 0. The molecule has 1 aromatic rings. The van der Waals surface area contributed by atoms with E-state index in [0.717, 1.165) is 35.4 Å². The molecule has 16 heavy (non-hydrogen) atoms. The molecule has 1 aliphatic rings. The first-order valence-electron chi connectivity index (χ1n) is 5.43. The minimum absolute atomic E-state index is 0.111. The first-order valence-corrected chi connectivity index (χ1v) is 7.27. The van der Waals surface area contributed by atoms with E-state index in [1.807, 2.05) is 23.9 Å². The first kappa shape index (κ1) is 12.4. The lowest BCUT2D eigenvalue weighted by Gasteiger charge is -2.30. The topological polar surface area (TPSA) is 3.24 Å². The van der Waals surface area contributed by atoms with E-state index in [9.17, 15) is 4.39 Å². The van der Waals surface area contributed by atoms with Gasteiger partial charge in [-0.15, -0.1) is 0 Å². The summed E-state index contributed by atoms with van der Waals surface area (Å²) in [4.78, 5) is 2.33. The third-order valence-corrected chi connectivity index (χ3v) is 4.36. The summed E-state index contributed by atoms with van der Waals surface area (Å²) in [6, 6.07) is 5.31. The van der Waals surface area contributed by atoms with Gasteiger partial charge in [0, 0.05) is 40.7 Å². The lowest BCUT2D eigenvalue weighted by atomic mass is 10.2. The van der Waals surface area contributed by atoms with Crippen LogP contribution in [0.1, 0.15) is 12.5 Å². The van der Waals surface area contributed by atoms with Crippen molar-refractivity contribution in [3.8, 4) is 0 Å². The molecule has 1 fully saturated rings. The third kappa shape index (κ3) is 3.22. The van der Waals surface area contributed by atoms with Gasteiger partial charge in [-0.1, -0.05) is 28.9 Å². The molecule has 1 unspecified atom stereocenters. The lowest BCUT2D eigenvalue weighted by Crippen LogP contribution is -2.36. The second kappa shape index (κ2) is 5.52. The lowest BCUT2D eigenvalue weighted by molar-refractivity contribution is 0.274. The Kier molecular flexibility index (Phi) is 4.27. The Labute approximate surface area is 109 Å². The summed E-state index contributed by atoms with van der Waals surface area (Å²) >= 11 is 5.27.